The summed E-state index contributed by atoms with van der Waals surface area (Å²) in [6.45, 7) is 4.33. The first-order valence-electron chi connectivity index (χ1n) is 7.79. The summed E-state index contributed by atoms with van der Waals surface area (Å²) >= 11 is 0. The Labute approximate surface area is 120 Å². The first kappa shape index (κ1) is 15.3. The number of likely N-dealkylation sites (tertiary alicyclic amines) is 1. The highest BCUT2D eigenvalue weighted by molar-refractivity contribution is 5.76. The van der Waals surface area contributed by atoms with Gasteiger partial charge in [-0.2, -0.15) is 0 Å². The van der Waals surface area contributed by atoms with Crippen molar-refractivity contribution in [2.45, 2.75) is 51.5 Å². The Hall–Kier alpha value is -1.10. The minimum absolute atomic E-state index is 0.146. The Balaban J connectivity index is 1.73. The third-order valence-corrected chi connectivity index (χ3v) is 4.46. The van der Waals surface area contributed by atoms with Crippen molar-refractivity contribution in [3.05, 3.63) is 0 Å². The van der Waals surface area contributed by atoms with E-state index in [2.05, 4.69) is 5.32 Å². The minimum Gasteiger partial charge on any atom is -0.481 e. The van der Waals surface area contributed by atoms with E-state index in [0.717, 1.165) is 32.5 Å². The van der Waals surface area contributed by atoms with Gasteiger partial charge in [-0.15, -0.1) is 0 Å². The standard InChI is InChI=1S/C15H26N2O3/c1-11(9-15(19)20)12-3-2-8-17(10-12)14(18)6-7-16-13-4-5-13/h11-13,16H,2-10H2,1H3,(H,19,20). The zero-order chi connectivity index (χ0) is 14.5. The van der Waals surface area contributed by atoms with Crippen molar-refractivity contribution in [1.29, 1.82) is 0 Å². The second-order valence-corrected chi connectivity index (χ2v) is 6.30. The molecule has 2 unspecified atom stereocenters. The maximum atomic E-state index is 12.2. The Bertz CT molecular complexity index is 355. The summed E-state index contributed by atoms with van der Waals surface area (Å²) in [5.41, 5.74) is 0. The van der Waals surface area contributed by atoms with Crippen molar-refractivity contribution in [3.63, 3.8) is 0 Å². The predicted octanol–water partition coefficient (Wildman–Crippen LogP) is 1.48. The van der Waals surface area contributed by atoms with Gasteiger partial charge in [-0.05, 0) is 37.5 Å². The number of rotatable bonds is 7. The fraction of sp³-hybridized carbons (Fsp3) is 0.867. The van der Waals surface area contributed by atoms with Crippen molar-refractivity contribution < 1.29 is 14.7 Å². The highest BCUT2D eigenvalue weighted by Gasteiger charge is 2.28. The van der Waals surface area contributed by atoms with E-state index in [0.29, 0.717) is 18.4 Å². The van der Waals surface area contributed by atoms with E-state index in [9.17, 15) is 9.59 Å². The first-order valence-corrected chi connectivity index (χ1v) is 7.79. The van der Waals surface area contributed by atoms with Crippen LogP contribution in [0.1, 0.15) is 45.4 Å². The molecule has 1 heterocycles. The molecule has 1 aliphatic carbocycles. The lowest BCUT2D eigenvalue weighted by Crippen LogP contribution is -2.42. The largest absolute Gasteiger partial charge is 0.481 e. The van der Waals surface area contributed by atoms with E-state index in [-0.39, 0.29) is 18.2 Å². The molecular formula is C15H26N2O3. The van der Waals surface area contributed by atoms with Crippen LogP contribution in [0.5, 0.6) is 0 Å². The normalized spacial score (nSPS) is 24.4. The maximum Gasteiger partial charge on any atom is 0.303 e. The molecular weight excluding hydrogens is 256 g/mol. The monoisotopic (exact) mass is 282 g/mol. The van der Waals surface area contributed by atoms with Gasteiger partial charge < -0.3 is 15.3 Å². The molecule has 2 atom stereocenters. The van der Waals surface area contributed by atoms with Gasteiger partial charge in [0.1, 0.15) is 0 Å². The van der Waals surface area contributed by atoms with Crippen LogP contribution < -0.4 is 5.32 Å². The SMILES string of the molecule is CC(CC(=O)O)C1CCCN(C(=O)CCNC2CC2)C1. The van der Waals surface area contributed by atoms with Crippen LogP contribution in [-0.2, 0) is 9.59 Å². The number of carboxylic acid groups (broad SMARTS) is 1. The molecule has 1 saturated heterocycles. The molecule has 0 aromatic heterocycles. The van der Waals surface area contributed by atoms with Crippen molar-refractivity contribution in [2.75, 3.05) is 19.6 Å². The molecule has 1 amide bonds. The predicted molar refractivity (Wildman–Crippen MR) is 76.4 cm³/mol. The smallest absolute Gasteiger partial charge is 0.303 e. The molecule has 0 aromatic carbocycles. The van der Waals surface area contributed by atoms with Crippen LogP contribution in [0.3, 0.4) is 0 Å². The summed E-state index contributed by atoms with van der Waals surface area (Å²) in [7, 11) is 0. The van der Waals surface area contributed by atoms with Crippen LogP contribution in [0, 0.1) is 11.8 Å². The Morgan fingerprint density at radius 1 is 1.35 bits per heavy atom. The molecule has 0 bridgehead atoms. The lowest BCUT2D eigenvalue weighted by Gasteiger charge is -2.35. The van der Waals surface area contributed by atoms with E-state index < -0.39 is 5.97 Å². The van der Waals surface area contributed by atoms with E-state index in [1.165, 1.54) is 12.8 Å². The number of carbonyl (C=O) groups excluding carboxylic acids is 1. The van der Waals surface area contributed by atoms with Gasteiger partial charge in [0.25, 0.3) is 0 Å². The molecule has 2 fully saturated rings. The average molecular weight is 282 g/mol. The molecule has 1 aliphatic heterocycles. The molecule has 0 radical (unpaired) electrons. The van der Waals surface area contributed by atoms with Crippen LogP contribution in [0.15, 0.2) is 0 Å². The van der Waals surface area contributed by atoms with E-state index in [1.807, 2.05) is 11.8 Å². The number of carbonyl (C=O) groups is 2. The van der Waals surface area contributed by atoms with Crippen LogP contribution >= 0.6 is 0 Å². The zero-order valence-electron chi connectivity index (χ0n) is 12.3. The summed E-state index contributed by atoms with van der Waals surface area (Å²) < 4.78 is 0. The molecule has 0 spiro atoms. The van der Waals surface area contributed by atoms with Gasteiger partial charge in [0.05, 0.1) is 0 Å². The lowest BCUT2D eigenvalue weighted by molar-refractivity contribution is -0.138. The fourth-order valence-corrected chi connectivity index (χ4v) is 2.97. The van der Waals surface area contributed by atoms with E-state index in [4.69, 9.17) is 5.11 Å². The van der Waals surface area contributed by atoms with Crippen LogP contribution in [0.2, 0.25) is 0 Å². The molecule has 2 aliphatic rings. The van der Waals surface area contributed by atoms with Gasteiger partial charge >= 0.3 is 5.97 Å². The van der Waals surface area contributed by atoms with Gasteiger partial charge in [0, 0.05) is 38.5 Å². The summed E-state index contributed by atoms with van der Waals surface area (Å²) in [4.78, 5) is 24.9. The van der Waals surface area contributed by atoms with Crippen molar-refractivity contribution in [2.24, 2.45) is 11.8 Å². The number of carboxylic acids is 1. The number of nitrogens with zero attached hydrogens (tertiary/aromatic N) is 1. The van der Waals surface area contributed by atoms with Crippen LogP contribution in [0.4, 0.5) is 0 Å². The molecule has 2 rings (SSSR count). The quantitative estimate of drug-likeness (QED) is 0.742. The topological polar surface area (TPSA) is 69.6 Å². The third kappa shape index (κ3) is 4.78. The second kappa shape index (κ2) is 7.07. The van der Waals surface area contributed by atoms with Gasteiger partial charge in [0.2, 0.25) is 5.91 Å². The summed E-state index contributed by atoms with van der Waals surface area (Å²) in [5, 5.41) is 12.2. The number of hydrogen-bond donors (Lipinski definition) is 2. The van der Waals surface area contributed by atoms with Crippen LogP contribution in [0.25, 0.3) is 0 Å². The Morgan fingerprint density at radius 3 is 2.75 bits per heavy atom. The van der Waals surface area contributed by atoms with Crippen molar-refractivity contribution >= 4 is 11.9 Å². The number of nitrogens with one attached hydrogen (secondary N) is 1. The van der Waals surface area contributed by atoms with Gasteiger partial charge in [-0.1, -0.05) is 6.92 Å². The number of hydrogen-bond acceptors (Lipinski definition) is 3. The molecule has 1 saturated carbocycles. The Kier molecular flexibility index (Phi) is 5.40. The fourth-order valence-electron chi connectivity index (χ4n) is 2.97. The molecule has 0 aromatic rings. The lowest BCUT2D eigenvalue weighted by atomic mass is 9.84. The highest BCUT2D eigenvalue weighted by atomic mass is 16.4. The van der Waals surface area contributed by atoms with E-state index >= 15 is 0 Å². The first-order chi connectivity index (χ1) is 9.56. The average Bonchev–Trinajstić information content (AvgIpc) is 3.22. The molecule has 2 N–H and O–H groups in total. The van der Waals surface area contributed by atoms with Crippen LogP contribution in [-0.4, -0.2) is 47.6 Å². The summed E-state index contributed by atoms with van der Waals surface area (Å²) in [5.74, 6) is -0.0483. The number of amides is 1. The van der Waals surface area contributed by atoms with Gasteiger partial charge in [-0.3, -0.25) is 9.59 Å². The van der Waals surface area contributed by atoms with Crippen molar-refractivity contribution in [3.8, 4) is 0 Å². The number of aliphatic carboxylic acids is 1. The van der Waals surface area contributed by atoms with Crippen molar-refractivity contribution in [1.82, 2.24) is 10.2 Å². The molecule has 20 heavy (non-hydrogen) atoms. The van der Waals surface area contributed by atoms with Gasteiger partial charge in [-0.25, -0.2) is 0 Å². The highest BCUT2D eigenvalue weighted by Crippen LogP contribution is 2.26. The minimum atomic E-state index is -0.741. The molecule has 5 nitrogen and oxygen atoms in total. The number of piperidine rings is 1. The molecule has 114 valence electrons. The second-order valence-electron chi connectivity index (χ2n) is 6.30. The summed E-state index contributed by atoms with van der Waals surface area (Å²) in [6, 6.07) is 0.646. The maximum absolute atomic E-state index is 12.2. The summed E-state index contributed by atoms with van der Waals surface area (Å²) in [6.07, 6.45) is 5.29. The Morgan fingerprint density at radius 2 is 2.10 bits per heavy atom. The zero-order valence-corrected chi connectivity index (χ0v) is 12.3. The van der Waals surface area contributed by atoms with Gasteiger partial charge in [0.15, 0.2) is 0 Å². The third-order valence-electron chi connectivity index (χ3n) is 4.46. The molecule has 5 heteroatoms. The van der Waals surface area contributed by atoms with E-state index in [1.54, 1.807) is 0 Å².